The molecule has 1 saturated heterocycles. The highest BCUT2D eigenvalue weighted by Crippen LogP contribution is 2.26. The minimum absolute atomic E-state index is 0.343. The highest BCUT2D eigenvalue weighted by atomic mass is 16.7. The molecular weight excluding hydrogens is 320 g/mol. The average Bonchev–Trinajstić information content (AvgIpc) is 2.43. The van der Waals surface area contributed by atoms with Crippen molar-refractivity contribution >= 4 is 11.9 Å². The summed E-state index contributed by atoms with van der Waals surface area (Å²) in [7, 11) is 0. The van der Waals surface area contributed by atoms with Gasteiger partial charge >= 0.3 is 11.9 Å². The van der Waals surface area contributed by atoms with E-state index in [4.69, 9.17) is 14.2 Å². The van der Waals surface area contributed by atoms with E-state index in [-0.39, 0.29) is 6.61 Å². The van der Waals surface area contributed by atoms with Crippen LogP contribution in [0.2, 0.25) is 0 Å². The molecule has 1 heterocycles. The molecular formula is C16H28O8. The van der Waals surface area contributed by atoms with E-state index in [0.717, 1.165) is 0 Å². The first-order valence-corrected chi connectivity index (χ1v) is 7.83. The third-order valence-electron chi connectivity index (χ3n) is 3.51. The lowest BCUT2D eigenvalue weighted by molar-refractivity contribution is -0.292. The number of ether oxygens (including phenoxy) is 3. The Morgan fingerprint density at radius 1 is 0.917 bits per heavy atom. The van der Waals surface area contributed by atoms with Crippen molar-refractivity contribution < 1.29 is 39.1 Å². The maximum Gasteiger partial charge on any atom is 0.311 e. The zero-order valence-electron chi connectivity index (χ0n) is 15.0. The third kappa shape index (κ3) is 5.14. The summed E-state index contributed by atoms with van der Waals surface area (Å²) in [6, 6.07) is 0. The quantitative estimate of drug-likeness (QED) is 0.608. The lowest BCUT2D eigenvalue weighted by Gasteiger charge is -2.40. The van der Waals surface area contributed by atoms with Gasteiger partial charge in [0.15, 0.2) is 12.4 Å². The molecule has 24 heavy (non-hydrogen) atoms. The lowest BCUT2D eigenvalue weighted by atomic mass is 9.95. The highest BCUT2D eigenvalue weighted by molar-refractivity contribution is 5.76. The summed E-state index contributed by atoms with van der Waals surface area (Å²) in [4.78, 5) is 23.8. The topological polar surface area (TPSA) is 123 Å². The average molecular weight is 348 g/mol. The minimum Gasteiger partial charge on any atom is -0.462 e. The van der Waals surface area contributed by atoms with Gasteiger partial charge in [-0.3, -0.25) is 9.59 Å². The minimum atomic E-state index is -1.68. The maximum atomic E-state index is 12.0. The highest BCUT2D eigenvalue weighted by Gasteiger charge is 2.47. The van der Waals surface area contributed by atoms with Gasteiger partial charge in [0, 0.05) is 0 Å². The van der Waals surface area contributed by atoms with Crippen LogP contribution in [-0.4, -0.2) is 64.6 Å². The van der Waals surface area contributed by atoms with Gasteiger partial charge in [0.05, 0.1) is 10.8 Å². The predicted octanol–water partition coefficient (Wildman–Crippen LogP) is -0.0274. The van der Waals surface area contributed by atoms with Gasteiger partial charge in [0.25, 0.3) is 0 Å². The Hall–Kier alpha value is -1.22. The molecule has 0 aliphatic carbocycles. The summed E-state index contributed by atoms with van der Waals surface area (Å²) < 4.78 is 15.3. The van der Waals surface area contributed by atoms with E-state index in [1.54, 1.807) is 41.5 Å². The number of carbonyl (C=O) groups is 2. The van der Waals surface area contributed by atoms with Crippen LogP contribution < -0.4 is 0 Å². The summed E-state index contributed by atoms with van der Waals surface area (Å²) in [5.41, 5.74) is -1.59. The Morgan fingerprint density at radius 2 is 1.42 bits per heavy atom. The van der Waals surface area contributed by atoms with Crippen LogP contribution in [0.3, 0.4) is 0 Å². The fourth-order valence-corrected chi connectivity index (χ4v) is 1.87. The van der Waals surface area contributed by atoms with Crippen molar-refractivity contribution in [2.24, 2.45) is 10.8 Å². The molecule has 0 spiro atoms. The molecule has 3 N–H and O–H groups in total. The monoisotopic (exact) mass is 348 g/mol. The van der Waals surface area contributed by atoms with E-state index in [9.17, 15) is 24.9 Å². The van der Waals surface area contributed by atoms with Gasteiger partial charge < -0.3 is 29.5 Å². The maximum absolute atomic E-state index is 12.0. The molecule has 1 aliphatic rings. The Kier molecular flexibility index (Phi) is 6.37. The molecule has 8 heteroatoms. The molecule has 2 unspecified atom stereocenters. The first-order chi connectivity index (χ1) is 10.7. The second-order valence-corrected chi connectivity index (χ2v) is 8.01. The SMILES string of the molecule is CC(C)(C)C(=O)OCC1O[C@@H](O)C(O)[C@@H](OC(=O)C(C)(C)C)[C@H]1O. The third-order valence-corrected chi connectivity index (χ3v) is 3.51. The van der Waals surface area contributed by atoms with Crippen molar-refractivity contribution in [1.82, 2.24) is 0 Å². The van der Waals surface area contributed by atoms with Gasteiger partial charge in [-0.05, 0) is 41.5 Å². The van der Waals surface area contributed by atoms with Crippen LogP contribution in [-0.2, 0) is 23.8 Å². The van der Waals surface area contributed by atoms with E-state index in [1.807, 2.05) is 0 Å². The molecule has 0 radical (unpaired) electrons. The number of rotatable bonds is 3. The van der Waals surface area contributed by atoms with Crippen LogP contribution in [0.5, 0.6) is 0 Å². The van der Waals surface area contributed by atoms with Crippen LogP contribution in [0, 0.1) is 10.8 Å². The first kappa shape index (κ1) is 20.8. The molecule has 0 bridgehead atoms. The van der Waals surface area contributed by atoms with Crippen molar-refractivity contribution in [2.75, 3.05) is 6.61 Å². The summed E-state index contributed by atoms with van der Waals surface area (Å²) in [6.45, 7) is 9.51. The molecule has 0 amide bonds. The number of hydrogen-bond acceptors (Lipinski definition) is 8. The van der Waals surface area contributed by atoms with E-state index >= 15 is 0 Å². The second-order valence-electron chi connectivity index (χ2n) is 8.01. The van der Waals surface area contributed by atoms with Gasteiger partial charge in [0.1, 0.15) is 24.9 Å². The fourth-order valence-electron chi connectivity index (χ4n) is 1.87. The van der Waals surface area contributed by atoms with Crippen LogP contribution in [0.15, 0.2) is 0 Å². The first-order valence-electron chi connectivity index (χ1n) is 7.83. The lowest BCUT2D eigenvalue weighted by Crippen LogP contribution is -2.60. The Bertz CT molecular complexity index is 462. The zero-order chi connectivity index (χ0) is 18.9. The molecule has 8 nitrogen and oxygen atoms in total. The summed E-state index contributed by atoms with van der Waals surface area (Å²) in [6.07, 6.45) is -7.26. The van der Waals surface area contributed by atoms with Crippen LogP contribution in [0.25, 0.3) is 0 Å². The smallest absolute Gasteiger partial charge is 0.311 e. The van der Waals surface area contributed by atoms with E-state index in [2.05, 4.69) is 0 Å². The molecule has 0 aromatic heterocycles. The van der Waals surface area contributed by atoms with E-state index in [1.165, 1.54) is 0 Å². The molecule has 0 aromatic carbocycles. The van der Waals surface area contributed by atoms with Crippen molar-refractivity contribution in [3.8, 4) is 0 Å². The Labute approximate surface area is 141 Å². The molecule has 0 saturated carbocycles. The van der Waals surface area contributed by atoms with Gasteiger partial charge in [-0.15, -0.1) is 0 Å². The van der Waals surface area contributed by atoms with Gasteiger partial charge in [0.2, 0.25) is 0 Å². The van der Waals surface area contributed by atoms with E-state index in [0.29, 0.717) is 0 Å². The number of esters is 2. The number of carbonyl (C=O) groups excluding carboxylic acids is 2. The Balaban J connectivity index is 2.79. The summed E-state index contributed by atoms with van der Waals surface area (Å²) in [5.74, 6) is -1.16. The normalized spacial score (nSPS) is 31.5. The van der Waals surface area contributed by atoms with Gasteiger partial charge in [-0.2, -0.15) is 0 Å². The summed E-state index contributed by atoms with van der Waals surface area (Å²) >= 11 is 0. The largest absolute Gasteiger partial charge is 0.462 e. The molecule has 5 atom stereocenters. The summed E-state index contributed by atoms with van der Waals surface area (Å²) in [5, 5.41) is 30.0. The van der Waals surface area contributed by atoms with Gasteiger partial charge in [-0.25, -0.2) is 0 Å². The van der Waals surface area contributed by atoms with Crippen LogP contribution in [0.4, 0.5) is 0 Å². The zero-order valence-corrected chi connectivity index (χ0v) is 15.0. The molecule has 1 fully saturated rings. The van der Waals surface area contributed by atoms with Crippen molar-refractivity contribution in [1.29, 1.82) is 0 Å². The standard InChI is InChI=1S/C16H28O8/c1-15(2,3)13(20)22-7-8-9(17)11(10(18)12(19)23-8)24-14(21)16(4,5)6/h8-12,17-19H,7H2,1-6H3/t8?,9-,10?,11-,12+/m0/s1. The van der Waals surface area contributed by atoms with Crippen LogP contribution in [0.1, 0.15) is 41.5 Å². The predicted molar refractivity (Wildman–Crippen MR) is 82.6 cm³/mol. The second kappa shape index (κ2) is 7.35. The number of aliphatic hydroxyl groups is 3. The van der Waals surface area contributed by atoms with E-state index < -0.39 is 53.5 Å². The molecule has 1 rings (SSSR count). The van der Waals surface area contributed by atoms with Crippen molar-refractivity contribution in [3.63, 3.8) is 0 Å². The fraction of sp³-hybridized carbons (Fsp3) is 0.875. The Morgan fingerprint density at radius 3 is 1.88 bits per heavy atom. The molecule has 0 aromatic rings. The molecule has 1 aliphatic heterocycles. The van der Waals surface area contributed by atoms with Crippen molar-refractivity contribution in [2.45, 2.75) is 72.2 Å². The molecule has 140 valence electrons. The van der Waals surface area contributed by atoms with Gasteiger partial charge in [-0.1, -0.05) is 0 Å². The number of aliphatic hydroxyl groups excluding tert-OH is 3. The van der Waals surface area contributed by atoms with Crippen molar-refractivity contribution in [3.05, 3.63) is 0 Å². The van der Waals surface area contributed by atoms with Crippen LogP contribution >= 0.6 is 0 Å². The number of hydrogen-bond donors (Lipinski definition) is 3.